The van der Waals surface area contributed by atoms with Gasteiger partial charge >= 0.3 is 34.8 Å². The standard InChI is InChI=1S/C19H20N2O3.C16H16N4O4.C15H13NO.C14H13NO3.C12H15NO.C8H7NO.C7H7NO3.C2H7N3O.ClH/c22-21(23)19-17(11-14-20-12-4-5-13-20)9-6-10-18(19)24-15-16-7-2-1-3-8-16;17-16(21)19-18-10-9-13-7-4-8-14(15(13)20(22)23)24-11-12-5-2-1-3-6-12;1-2-5-12(6-3-1)11-17-14-8-4-7-13-9-10-16-15(13)14;1-11-6-5-9-13(14(11)15(16)17)18-10-12-7-3-2-4-8-12;1-2-3-9-14-11-6-4-5-10-7-8-13-12(10)11;10-7-3-1-2-6-4-5-9-8(6)7;1-5-3-2-4-6(9)7(5)8(10)11;1-4-2(6)5-3;/h1-3,6-11,14H,4-5,12-13,15H2;1-10,18H,11H2,(H3,17,19,21);1-10,16H,11H2;2-9H,10H2,1H3;4-8,13H,2-3,9H2,1H3;1-5,9-10H;2-4,9H,1H3;3H2,1H3,(H2,4,5,6);1H/b14-11+;10-9+;;;;;;;. The summed E-state index contributed by atoms with van der Waals surface area (Å²) in [4.78, 5) is 74.2. The highest BCUT2D eigenvalue weighted by atomic mass is 35.5. The van der Waals surface area contributed by atoms with E-state index in [2.05, 4.69) is 79.1 Å². The molecule has 1 aliphatic rings. The monoisotopic (exact) mass is 1720 g/mol. The molecule has 0 radical (unpaired) electrons. The molecule has 13 N–H and O–H groups in total. The van der Waals surface area contributed by atoms with E-state index in [1.54, 1.807) is 86.7 Å². The average molecular weight is 1720 g/mol. The van der Waals surface area contributed by atoms with Gasteiger partial charge in [0.2, 0.25) is 0 Å². The van der Waals surface area contributed by atoms with Gasteiger partial charge in [0.05, 0.1) is 54.0 Å². The Bertz CT molecular complexity index is 5730. The highest BCUT2D eigenvalue weighted by Gasteiger charge is 2.23. The van der Waals surface area contributed by atoms with Crippen LogP contribution in [-0.4, -0.2) is 88.6 Å². The number of aromatic hydroxyl groups is 2. The molecule has 1 saturated heterocycles. The van der Waals surface area contributed by atoms with E-state index in [9.17, 15) is 55.2 Å². The van der Waals surface area contributed by atoms with Gasteiger partial charge in [0.15, 0.2) is 23.0 Å². The van der Waals surface area contributed by atoms with Crippen LogP contribution >= 0.6 is 12.4 Å². The number of carbonyl (C=O) groups excluding carboxylic acids is 2. The molecule has 1 aliphatic heterocycles. The first-order chi connectivity index (χ1) is 60.2. The molecule has 3 aromatic heterocycles. The molecular formula is C93H99ClN14O17. The van der Waals surface area contributed by atoms with Gasteiger partial charge in [-0.05, 0) is 147 Å². The number of phenols is 2. The first-order valence-corrected chi connectivity index (χ1v) is 39.1. The Morgan fingerprint density at radius 2 is 0.808 bits per heavy atom. The summed E-state index contributed by atoms with van der Waals surface area (Å²) in [5.41, 5.74) is 19.9. The highest BCUT2D eigenvalue weighted by Crippen LogP contribution is 2.36. The van der Waals surface area contributed by atoms with Crippen molar-refractivity contribution in [1.29, 1.82) is 0 Å². The number of fused-ring (bicyclic) bond motifs is 3. The molecule has 14 aromatic rings. The second-order valence-electron chi connectivity index (χ2n) is 26.9. The molecule has 1 fully saturated rings. The van der Waals surface area contributed by atoms with E-state index in [1.165, 1.54) is 67.1 Å². The van der Waals surface area contributed by atoms with E-state index in [4.69, 9.17) is 34.5 Å². The predicted molar refractivity (Wildman–Crippen MR) is 487 cm³/mol. The van der Waals surface area contributed by atoms with Gasteiger partial charge in [0.25, 0.3) is 0 Å². The van der Waals surface area contributed by atoms with Crippen molar-refractivity contribution in [3.63, 3.8) is 0 Å². The van der Waals surface area contributed by atoms with Crippen LogP contribution in [0.3, 0.4) is 0 Å². The minimum absolute atomic E-state index is 0. The van der Waals surface area contributed by atoms with E-state index in [-0.39, 0.29) is 64.2 Å². The zero-order valence-electron chi connectivity index (χ0n) is 69.0. The molecule has 0 bridgehead atoms. The number of nitrogens with one attached hydrogen (secondary N) is 7. The van der Waals surface area contributed by atoms with Gasteiger partial charge in [0, 0.05) is 72.2 Å². The first kappa shape index (κ1) is 96.2. The van der Waals surface area contributed by atoms with E-state index in [0.717, 1.165) is 76.2 Å². The Kier molecular flexibility index (Phi) is 40.2. The second-order valence-corrected chi connectivity index (χ2v) is 26.9. The number of amides is 4. The van der Waals surface area contributed by atoms with Crippen LogP contribution in [0.15, 0.2) is 298 Å². The van der Waals surface area contributed by atoms with Crippen LogP contribution in [0.4, 0.5) is 32.3 Å². The van der Waals surface area contributed by atoms with Crippen LogP contribution in [0, 0.1) is 54.3 Å². The van der Waals surface area contributed by atoms with Crippen molar-refractivity contribution in [3.05, 3.63) is 383 Å². The number of nitrogens with two attached hydrogens (primary N) is 2. The number of nitro benzene ring substituents is 4. The molecule has 31 nitrogen and oxygen atoms in total. The number of hydrogen-bond acceptors (Lipinski definition) is 20. The lowest BCUT2D eigenvalue weighted by Crippen LogP contribution is -2.37. The molecule has 0 saturated carbocycles. The summed E-state index contributed by atoms with van der Waals surface area (Å²) in [6.45, 7) is 9.71. The molecule has 4 amide bonds. The van der Waals surface area contributed by atoms with E-state index >= 15 is 0 Å². The number of aromatic nitrogens is 3. The number of likely N-dealkylation sites (tertiary alicyclic amines) is 1. The Morgan fingerprint density at radius 3 is 1.20 bits per heavy atom. The van der Waals surface area contributed by atoms with Crippen LogP contribution in [0.1, 0.15) is 77.1 Å². The van der Waals surface area contributed by atoms with Crippen LogP contribution in [0.25, 0.3) is 44.9 Å². The summed E-state index contributed by atoms with van der Waals surface area (Å²) in [6.07, 6.45) is 16.8. The summed E-state index contributed by atoms with van der Waals surface area (Å²) >= 11 is 0. The van der Waals surface area contributed by atoms with Gasteiger partial charge in [0.1, 0.15) is 43.7 Å². The molecule has 4 heterocycles. The van der Waals surface area contributed by atoms with Crippen molar-refractivity contribution < 1.29 is 63.2 Å². The Labute approximate surface area is 727 Å². The van der Waals surface area contributed by atoms with Crippen LogP contribution < -0.4 is 56.9 Å². The molecule has 125 heavy (non-hydrogen) atoms. The lowest BCUT2D eigenvalue weighted by Gasteiger charge is -2.11. The van der Waals surface area contributed by atoms with Gasteiger partial charge in [-0.2, -0.15) is 0 Å². The maximum absolute atomic E-state index is 11.5. The number of para-hydroxylation sites is 7. The fourth-order valence-electron chi connectivity index (χ4n) is 11.9. The topological polar surface area (TPSA) is 444 Å². The summed E-state index contributed by atoms with van der Waals surface area (Å²) in [5.74, 6) is 7.27. The summed E-state index contributed by atoms with van der Waals surface area (Å²) < 4.78 is 28.3. The van der Waals surface area contributed by atoms with E-state index in [1.807, 2.05) is 188 Å². The third-order valence-corrected chi connectivity index (χ3v) is 18.1. The quantitative estimate of drug-likeness (QED) is 0.00832. The fourth-order valence-corrected chi connectivity index (χ4v) is 11.9. The maximum atomic E-state index is 11.5. The minimum atomic E-state index is -0.769. The van der Waals surface area contributed by atoms with Crippen molar-refractivity contribution in [3.8, 4) is 40.2 Å². The molecule has 15 rings (SSSR count). The number of primary amides is 1. The van der Waals surface area contributed by atoms with Gasteiger partial charge in [-0.3, -0.25) is 51.3 Å². The summed E-state index contributed by atoms with van der Waals surface area (Å²) in [6, 6.07) is 80.7. The number of nitrogens with zero attached hydrogens (tertiary/aromatic N) is 5. The SMILES string of the molecule is CCCCOc1cccc2cc[nH]c12.CNC(=O)NN.Cc1cccc(O)c1[N+](=O)[O-].Cc1cccc(OCc2ccccc2)c1[N+](=O)[O-].Cl.NC(=O)NN/C=C/c1cccc(OCc2ccccc2)c1[N+](=O)[O-].O=[N+]([O-])c1c(/C=C/N2CCCC2)cccc1OCc1ccccc1.Oc1cccc2cc[nH]c12.c1ccc(COc2cccc3cc[nH]c23)cc1. The number of carbonyl (C=O) groups is 2. The number of benzene rings is 11. The molecule has 0 spiro atoms. The molecule has 0 unspecified atom stereocenters. The number of nitro groups is 4. The van der Waals surface area contributed by atoms with Crippen molar-refractivity contribution in [2.45, 2.75) is 72.9 Å². The summed E-state index contributed by atoms with van der Waals surface area (Å²) in [7, 11) is 1.49. The lowest BCUT2D eigenvalue weighted by molar-refractivity contribution is -0.386. The van der Waals surface area contributed by atoms with Gasteiger partial charge in [-0.25, -0.2) is 15.4 Å². The van der Waals surface area contributed by atoms with Crippen molar-refractivity contribution in [2.75, 3.05) is 26.7 Å². The molecule has 650 valence electrons. The average Bonchev–Trinajstić information content (AvgIpc) is 1.37. The Morgan fingerprint density at radius 1 is 0.448 bits per heavy atom. The van der Waals surface area contributed by atoms with E-state index < -0.39 is 20.8 Å². The number of hydrazine groups is 2. The summed E-state index contributed by atoms with van der Waals surface area (Å²) in [5, 5.41) is 68.1. The molecule has 32 heteroatoms. The number of urea groups is 2. The fraction of sp³-hybridized carbons (Fsp3) is 0.161. The zero-order chi connectivity index (χ0) is 88.8. The number of H-pyrrole nitrogens is 3. The zero-order valence-corrected chi connectivity index (χ0v) is 69.9. The number of phenolic OH excluding ortho intramolecular Hbond substituents is 2. The van der Waals surface area contributed by atoms with Gasteiger partial charge in [-0.1, -0.05) is 207 Å². The number of aryl methyl sites for hydroxylation is 2. The van der Waals surface area contributed by atoms with Crippen molar-refractivity contribution in [2.24, 2.45) is 11.6 Å². The third kappa shape index (κ3) is 31.7. The number of hydrogen-bond donors (Lipinski definition) is 11. The largest absolute Gasteiger partial charge is 0.506 e. The van der Waals surface area contributed by atoms with Crippen LogP contribution in [0.2, 0.25) is 0 Å². The van der Waals surface area contributed by atoms with Crippen molar-refractivity contribution in [1.82, 2.24) is 41.4 Å². The number of aromatic amines is 3. The molecule has 0 atom stereocenters. The number of halogens is 1. The lowest BCUT2D eigenvalue weighted by atomic mass is 10.1. The second kappa shape index (κ2) is 52.2. The van der Waals surface area contributed by atoms with Gasteiger partial charge in [-0.15, -0.1) is 12.4 Å². The maximum Gasteiger partial charge on any atom is 0.330 e. The number of ether oxygens (including phenoxy) is 5. The highest BCUT2D eigenvalue weighted by molar-refractivity contribution is 5.87. The predicted octanol–water partition coefficient (Wildman–Crippen LogP) is 19.8. The van der Waals surface area contributed by atoms with E-state index in [0.29, 0.717) is 59.3 Å². The molecule has 11 aromatic carbocycles. The Hall–Kier alpha value is -15.9. The first-order valence-electron chi connectivity index (χ1n) is 39.1. The Balaban J connectivity index is 0.000000201. The molecule has 0 aliphatic carbocycles. The minimum Gasteiger partial charge on any atom is -0.506 e. The van der Waals surface area contributed by atoms with Gasteiger partial charge < -0.3 is 70.2 Å². The van der Waals surface area contributed by atoms with Crippen LogP contribution in [0.5, 0.6) is 40.2 Å². The number of rotatable bonds is 25. The smallest absolute Gasteiger partial charge is 0.330 e. The normalized spacial score (nSPS) is 10.8. The number of unbranched alkanes of at least 4 members (excludes halogenated alkanes) is 1. The molecular weight excluding hydrogens is 1620 g/mol. The van der Waals surface area contributed by atoms with Crippen LogP contribution in [-0.2, 0) is 26.4 Å². The van der Waals surface area contributed by atoms with Crippen molar-refractivity contribution >= 4 is 92.1 Å². The third-order valence-electron chi connectivity index (χ3n) is 18.1.